The highest BCUT2D eigenvalue weighted by Gasteiger charge is 2.10. The van der Waals surface area contributed by atoms with Crippen molar-refractivity contribution >= 4 is 12.0 Å². The summed E-state index contributed by atoms with van der Waals surface area (Å²) in [4.78, 5) is 21.6. The van der Waals surface area contributed by atoms with Crippen molar-refractivity contribution in [3.05, 3.63) is 24.3 Å². The minimum atomic E-state index is 0.127. The summed E-state index contributed by atoms with van der Waals surface area (Å²) in [7, 11) is 0. The van der Waals surface area contributed by atoms with E-state index < -0.39 is 0 Å². The second-order valence-corrected chi connectivity index (χ2v) is 7.20. The fraction of sp³-hybridized carbons (Fsp3) is 0.727. The smallest absolute Gasteiger partial charge is 0.246 e. The molecule has 1 rings (SSSR count). The number of aromatic nitrogens is 2. The number of carbonyl (C=O) groups is 1. The maximum Gasteiger partial charge on any atom is 0.246 e. The molecule has 4 heteroatoms. The highest BCUT2D eigenvalue weighted by molar-refractivity contribution is 5.91. The number of rotatable bonds is 16. The molecule has 0 radical (unpaired) electrons. The summed E-state index contributed by atoms with van der Waals surface area (Å²) in [5.41, 5.74) is 0.873. The molecule has 0 bridgehead atoms. The van der Waals surface area contributed by atoms with Gasteiger partial charge in [0.25, 0.3) is 0 Å². The van der Waals surface area contributed by atoms with Crippen molar-refractivity contribution < 1.29 is 4.79 Å². The van der Waals surface area contributed by atoms with E-state index in [4.69, 9.17) is 0 Å². The third-order valence-electron chi connectivity index (χ3n) is 4.80. The zero-order chi connectivity index (χ0) is 18.9. The maximum atomic E-state index is 12.6. The van der Waals surface area contributed by atoms with E-state index in [0.29, 0.717) is 0 Å². The van der Waals surface area contributed by atoms with Gasteiger partial charge in [-0.2, -0.15) is 0 Å². The van der Waals surface area contributed by atoms with Crippen LogP contribution in [0.4, 0.5) is 0 Å². The quantitative estimate of drug-likeness (QED) is 0.291. The molecule has 0 saturated carbocycles. The molecule has 0 atom stereocenters. The van der Waals surface area contributed by atoms with Gasteiger partial charge >= 0.3 is 0 Å². The third kappa shape index (κ3) is 11.1. The summed E-state index contributed by atoms with van der Waals surface area (Å²) >= 11 is 0. The SMILES string of the molecule is CCCCCCCCN(CCCCCCCC)C(=O)C=Cc1cnc[nH]1. The Morgan fingerprint density at radius 3 is 1.96 bits per heavy atom. The van der Waals surface area contributed by atoms with Crippen LogP contribution in [-0.2, 0) is 4.79 Å². The standard InChI is InChI=1S/C22H39N3O/c1-3-5-7-9-11-13-17-25(18-14-12-10-8-6-4-2)22(26)16-15-21-19-23-20-24-21/h15-16,19-20H,3-14,17-18H2,1-2H3,(H,23,24). The first-order valence-corrected chi connectivity index (χ1v) is 10.7. The van der Waals surface area contributed by atoms with Crippen LogP contribution < -0.4 is 0 Å². The topological polar surface area (TPSA) is 49.0 Å². The molecule has 4 nitrogen and oxygen atoms in total. The van der Waals surface area contributed by atoms with Gasteiger partial charge in [0, 0.05) is 19.2 Å². The molecule has 1 aromatic rings. The number of aromatic amines is 1. The van der Waals surface area contributed by atoms with Gasteiger partial charge in [0.15, 0.2) is 0 Å². The highest BCUT2D eigenvalue weighted by Crippen LogP contribution is 2.10. The van der Waals surface area contributed by atoms with Gasteiger partial charge in [-0.3, -0.25) is 4.79 Å². The number of hydrogen-bond acceptors (Lipinski definition) is 2. The second-order valence-electron chi connectivity index (χ2n) is 7.20. The molecule has 0 aliphatic heterocycles. The van der Waals surface area contributed by atoms with E-state index in [9.17, 15) is 4.79 Å². The summed E-state index contributed by atoms with van der Waals surface area (Å²) < 4.78 is 0. The molecule has 1 heterocycles. The number of H-pyrrole nitrogens is 1. The molecule has 0 aliphatic rings. The van der Waals surface area contributed by atoms with Crippen LogP contribution in [0, 0.1) is 0 Å². The lowest BCUT2D eigenvalue weighted by Crippen LogP contribution is -2.31. The molecule has 0 aromatic carbocycles. The molecule has 1 N–H and O–H groups in total. The van der Waals surface area contributed by atoms with E-state index in [-0.39, 0.29) is 5.91 Å². The van der Waals surface area contributed by atoms with Gasteiger partial charge in [-0.15, -0.1) is 0 Å². The predicted molar refractivity (Wildman–Crippen MR) is 111 cm³/mol. The van der Waals surface area contributed by atoms with Gasteiger partial charge in [0.1, 0.15) is 0 Å². The highest BCUT2D eigenvalue weighted by atomic mass is 16.2. The maximum absolute atomic E-state index is 12.6. The molecular weight excluding hydrogens is 322 g/mol. The van der Waals surface area contributed by atoms with Gasteiger partial charge in [-0.05, 0) is 18.9 Å². The van der Waals surface area contributed by atoms with Crippen LogP contribution in [0.2, 0.25) is 0 Å². The van der Waals surface area contributed by atoms with Gasteiger partial charge < -0.3 is 9.88 Å². The van der Waals surface area contributed by atoms with Crippen LogP contribution in [0.5, 0.6) is 0 Å². The molecule has 148 valence electrons. The zero-order valence-electron chi connectivity index (χ0n) is 17.0. The van der Waals surface area contributed by atoms with E-state index in [1.54, 1.807) is 18.6 Å². The minimum absolute atomic E-state index is 0.127. The zero-order valence-corrected chi connectivity index (χ0v) is 17.0. The number of imidazole rings is 1. The Balaban J connectivity index is 2.36. The Bertz CT molecular complexity index is 452. The van der Waals surface area contributed by atoms with E-state index in [1.807, 2.05) is 11.0 Å². The monoisotopic (exact) mass is 361 g/mol. The van der Waals surface area contributed by atoms with Crippen LogP contribution in [0.25, 0.3) is 6.08 Å². The van der Waals surface area contributed by atoms with Crippen molar-refractivity contribution in [2.45, 2.75) is 90.9 Å². The van der Waals surface area contributed by atoms with Crippen molar-refractivity contribution in [1.82, 2.24) is 14.9 Å². The number of unbranched alkanes of at least 4 members (excludes halogenated alkanes) is 10. The summed E-state index contributed by atoms with van der Waals surface area (Å²) in [6.07, 6.45) is 22.0. The lowest BCUT2D eigenvalue weighted by Gasteiger charge is -2.21. The van der Waals surface area contributed by atoms with Crippen LogP contribution >= 0.6 is 0 Å². The number of nitrogens with zero attached hydrogens (tertiary/aromatic N) is 2. The molecule has 0 fully saturated rings. The fourth-order valence-electron chi connectivity index (χ4n) is 3.12. The minimum Gasteiger partial charge on any atom is -0.345 e. The van der Waals surface area contributed by atoms with E-state index in [2.05, 4.69) is 23.8 Å². The Morgan fingerprint density at radius 1 is 0.923 bits per heavy atom. The molecule has 0 spiro atoms. The lowest BCUT2D eigenvalue weighted by molar-refractivity contribution is -0.126. The Morgan fingerprint density at radius 2 is 1.46 bits per heavy atom. The lowest BCUT2D eigenvalue weighted by atomic mass is 10.1. The van der Waals surface area contributed by atoms with Crippen molar-refractivity contribution in [1.29, 1.82) is 0 Å². The van der Waals surface area contributed by atoms with Crippen molar-refractivity contribution in [3.63, 3.8) is 0 Å². The van der Waals surface area contributed by atoms with Crippen molar-refractivity contribution in [2.75, 3.05) is 13.1 Å². The van der Waals surface area contributed by atoms with Crippen LogP contribution in [0.1, 0.15) is 96.6 Å². The second kappa shape index (κ2) is 15.7. The Kier molecular flexibility index (Phi) is 13.5. The summed E-state index contributed by atoms with van der Waals surface area (Å²) in [5.74, 6) is 0.127. The first kappa shape index (κ1) is 22.5. The Hall–Kier alpha value is -1.58. The fourth-order valence-corrected chi connectivity index (χ4v) is 3.12. The number of hydrogen-bond donors (Lipinski definition) is 1. The molecule has 0 unspecified atom stereocenters. The third-order valence-corrected chi connectivity index (χ3v) is 4.80. The van der Waals surface area contributed by atoms with Crippen molar-refractivity contribution in [3.8, 4) is 0 Å². The average Bonchev–Trinajstić information content (AvgIpc) is 3.17. The molecule has 1 amide bonds. The first-order chi connectivity index (χ1) is 12.8. The molecule has 26 heavy (non-hydrogen) atoms. The molecular formula is C22H39N3O. The largest absolute Gasteiger partial charge is 0.345 e. The van der Waals surface area contributed by atoms with Gasteiger partial charge in [0.2, 0.25) is 5.91 Å². The van der Waals surface area contributed by atoms with E-state index in [0.717, 1.165) is 31.6 Å². The number of amides is 1. The van der Waals surface area contributed by atoms with Crippen molar-refractivity contribution in [2.24, 2.45) is 0 Å². The van der Waals surface area contributed by atoms with Gasteiger partial charge in [0.05, 0.1) is 18.2 Å². The Labute approximate surface area is 160 Å². The molecule has 0 saturated heterocycles. The van der Waals surface area contributed by atoms with Gasteiger partial charge in [-0.1, -0.05) is 78.1 Å². The predicted octanol–water partition coefficient (Wildman–Crippen LogP) is 5.97. The molecule has 0 aliphatic carbocycles. The van der Waals surface area contributed by atoms with E-state index >= 15 is 0 Å². The van der Waals surface area contributed by atoms with Crippen LogP contribution in [-0.4, -0.2) is 33.9 Å². The normalized spacial score (nSPS) is 11.3. The summed E-state index contributed by atoms with van der Waals surface area (Å²) in [6, 6.07) is 0. The number of nitrogens with one attached hydrogen (secondary N) is 1. The van der Waals surface area contributed by atoms with Crippen LogP contribution in [0.3, 0.4) is 0 Å². The van der Waals surface area contributed by atoms with Gasteiger partial charge in [-0.25, -0.2) is 4.98 Å². The average molecular weight is 362 g/mol. The van der Waals surface area contributed by atoms with Crippen LogP contribution in [0.15, 0.2) is 18.6 Å². The molecule has 1 aromatic heterocycles. The number of carbonyl (C=O) groups excluding carboxylic acids is 1. The summed E-state index contributed by atoms with van der Waals surface area (Å²) in [6.45, 7) is 6.25. The first-order valence-electron chi connectivity index (χ1n) is 10.7. The summed E-state index contributed by atoms with van der Waals surface area (Å²) in [5, 5.41) is 0. The van der Waals surface area contributed by atoms with E-state index in [1.165, 1.54) is 64.2 Å².